The Morgan fingerprint density at radius 1 is 1.26 bits per heavy atom. The van der Waals surface area contributed by atoms with E-state index in [1.807, 2.05) is 6.26 Å². The summed E-state index contributed by atoms with van der Waals surface area (Å²) in [6, 6.07) is 0.198. The van der Waals surface area contributed by atoms with E-state index in [1.165, 1.54) is 18.4 Å². The van der Waals surface area contributed by atoms with Crippen LogP contribution in [0.1, 0.15) is 30.7 Å². The van der Waals surface area contributed by atoms with Crippen molar-refractivity contribution >= 4 is 22.9 Å². The molecule has 0 aromatic carbocycles. The van der Waals surface area contributed by atoms with Gasteiger partial charge in [0.2, 0.25) is 5.95 Å². The van der Waals surface area contributed by atoms with Crippen LogP contribution >= 0.6 is 0 Å². The third-order valence-corrected chi connectivity index (χ3v) is 3.98. The van der Waals surface area contributed by atoms with Crippen molar-refractivity contribution in [3.63, 3.8) is 0 Å². The van der Waals surface area contributed by atoms with Crippen LogP contribution < -0.4 is 16.4 Å². The molecule has 19 heavy (non-hydrogen) atoms. The lowest BCUT2D eigenvalue weighted by atomic mass is 10.2. The van der Waals surface area contributed by atoms with Crippen molar-refractivity contribution in [1.82, 2.24) is 9.97 Å². The number of anilines is 2. The van der Waals surface area contributed by atoms with Gasteiger partial charge >= 0.3 is 0 Å². The highest BCUT2D eigenvalue weighted by Crippen LogP contribution is 2.44. The minimum Gasteiger partial charge on any atom is -0.458 e. The van der Waals surface area contributed by atoms with Gasteiger partial charge in [-0.05, 0) is 25.2 Å². The number of nitrogens with two attached hydrogens (primary N) is 2. The lowest BCUT2D eigenvalue weighted by molar-refractivity contribution is 0.607. The van der Waals surface area contributed by atoms with Crippen molar-refractivity contribution in [1.29, 1.82) is 0 Å². The SMILES string of the molecule is Nc1nc(N2CC[C@@H](N)C2)c2occ(C3CC3)c2n1. The second-order valence-electron chi connectivity index (χ2n) is 5.54. The summed E-state index contributed by atoms with van der Waals surface area (Å²) in [7, 11) is 0. The minimum atomic E-state index is 0.198. The van der Waals surface area contributed by atoms with E-state index in [0.29, 0.717) is 11.9 Å². The molecule has 1 aliphatic carbocycles. The first kappa shape index (κ1) is 11.0. The van der Waals surface area contributed by atoms with Crippen molar-refractivity contribution in [3.05, 3.63) is 11.8 Å². The van der Waals surface area contributed by atoms with Gasteiger partial charge in [-0.15, -0.1) is 0 Å². The van der Waals surface area contributed by atoms with Crippen LogP contribution in [0.3, 0.4) is 0 Å². The zero-order valence-electron chi connectivity index (χ0n) is 10.7. The van der Waals surface area contributed by atoms with E-state index >= 15 is 0 Å². The molecule has 1 saturated carbocycles. The summed E-state index contributed by atoms with van der Waals surface area (Å²) in [5.74, 6) is 1.69. The second kappa shape index (κ2) is 3.84. The minimum absolute atomic E-state index is 0.198. The quantitative estimate of drug-likeness (QED) is 0.842. The van der Waals surface area contributed by atoms with E-state index in [4.69, 9.17) is 15.9 Å². The predicted octanol–water partition coefficient (Wildman–Crippen LogP) is 1.22. The summed E-state index contributed by atoms with van der Waals surface area (Å²) in [5, 5.41) is 0. The molecule has 0 unspecified atom stereocenters. The van der Waals surface area contributed by atoms with Crippen molar-refractivity contribution in [3.8, 4) is 0 Å². The topological polar surface area (TPSA) is 94.2 Å². The highest BCUT2D eigenvalue weighted by Gasteiger charge is 2.31. The molecule has 0 bridgehead atoms. The number of nitrogens with zero attached hydrogens (tertiary/aromatic N) is 3. The Balaban J connectivity index is 1.85. The molecule has 2 aromatic rings. The fraction of sp³-hybridized carbons (Fsp3) is 0.538. The second-order valence-corrected chi connectivity index (χ2v) is 5.54. The Hall–Kier alpha value is -1.82. The van der Waals surface area contributed by atoms with E-state index in [0.717, 1.165) is 36.4 Å². The van der Waals surface area contributed by atoms with Crippen molar-refractivity contribution < 1.29 is 4.42 Å². The van der Waals surface area contributed by atoms with Gasteiger partial charge in [0.1, 0.15) is 5.52 Å². The molecule has 100 valence electrons. The Bertz CT molecular complexity index is 633. The van der Waals surface area contributed by atoms with Crippen LogP contribution in [0.15, 0.2) is 10.7 Å². The van der Waals surface area contributed by atoms with Gasteiger partial charge in [0, 0.05) is 24.7 Å². The van der Waals surface area contributed by atoms with Crippen LogP contribution in [0.25, 0.3) is 11.1 Å². The average molecular weight is 259 g/mol. The molecule has 6 heteroatoms. The van der Waals surface area contributed by atoms with Crippen LogP contribution in [0.4, 0.5) is 11.8 Å². The molecule has 2 fully saturated rings. The zero-order chi connectivity index (χ0) is 13.0. The smallest absolute Gasteiger partial charge is 0.222 e. The van der Waals surface area contributed by atoms with E-state index in [-0.39, 0.29) is 6.04 Å². The first-order valence-electron chi connectivity index (χ1n) is 6.77. The molecular formula is C13H17N5O. The molecule has 2 aromatic heterocycles. The number of furan rings is 1. The molecular weight excluding hydrogens is 242 g/mol. The lowest BCUT2D eigenvalue weighted by Crippen LogP contribution is -2.27. The van der Waals surface area contributed by atoms with Gasteiger partial charge in [0.15, 0.2) is 11.4 Å². The maximum atomic E-state index is 5.96. The van der Waals surface area contributed by atoms with Crippen LogP contribution in [-0.4, -0.2) is 29.1 Å². The maximum Gasteiger partial charge on any atom is 0.222 e. The largest absolute Gasteiger partial charge is 0.458 e. The zero-order valence-corrected chi connectivity index (χ0v) is 10.7. The van der Waals surface area contributed by atoms with Gasteiger partial charge in [-0.3, -0.25) is 0 Å². The van der Waals surface area contributed by atoms with Gasteiger partial charge in [-0.2, -0.15) is 4.98 Å². The highest BCUT2D eigenvalue weighted by molar-refractivity contribution is 5.88. The Morgan fingerprint density at radius 2 is 2.11 bits per heavy atom. The van der Waals surface area contributed by atoms with Crippen molar-refractivity contribution in [2.45, 2.75) is 31.2 Å². The molecule has 2 aliphatic rings. The summed E-state index contributed by atoms with van der Waals surface area (Å²) in [5.41, 5.74) is 14.6. The van der Waals surface area contributed by atoms with E-state index < -0.39 is 0 Å². The summed E-state index contributed by atoms with van der Waals surface area (Å²) in [6.07, 6.45) is 5.21. The molecule has 3 heterocycles. The Labute approximate surface area is 110 Å². The van der Waals surface area contributed by atoms with Gasteiger partial charge in [0.25, 0.3) is 0 Å². The standard InChI is InChI=1S/C13H17N5O/c14-8-3-4-18(5-8)12-11-10(16-13(15)17-12)9(6-19-11)7-1-2-7/h6-8H,1-5,14H2,(H2,15,16,17)/t8-/m1/s1. The number of rotatable bonds is 2. The number of nitrogen functional groups attached to an aromatic ring is 1. The summed E-state index contributed by atoms with van der Waals surface area (Å²) in [6.45, 7) is 1.69. The van der Waals surface area contributed by atoms with Gasteiger partial charge in [0.05, 0.1) is 6.26 Å². The number of fused-ring (bicyclic) bond motifs is 1. The molecule has 1 aliphatic heterocycles. The van der Waals surface area contributed by atoms with Gasteiger partial charge in [-0.25, -0.2) is 4.98 Å². The molecule has 4 N–H and O–H groups in total. The highest BCUT2D eigenvalue weighted by atomic mass is 16.3. The Morgan fingerprint density at radius 3 is 2.79 bits per heavy atom. The summed E-state index contributed by atoms with van der Waals surface area (Å²) < 4.78 is 5.72. The molecule has 1 saturated heterocycles. The van der Waals surface area contributed by atoms with Crippen LogP contribution in [0.5, 0.6) is 0 Å². The maximum absolute atomic E-state index is 5.96. The monoisotopic (exact) mass is 259 g/mol. The average Bonchev–Trinajstić information content (AvgIpc) is 2.99. The first-order valence-corrected chi connectivity index (χ1v) is 6.77. The van der Waals surface area contributed by atoms with Gasteiger partial charge in [-0.1, -0.05) is 0 Å². The van der Waals surface area contributed by atoms with E-state index in [1.54, 1.807) is 0 Å². The molecule has 1 atom stereocenters. The molecule has 4 rings (SSSR count). The van der Waals surface area contributed by atoms with Crippen molar-refractivity contribution in [2.24, 2.45) is 5.73 Å². The van der Waals surface area contributed by atoms with Crippen LogP contribution in [-0.2, 0) is 0 Å². The molecule has 0 spiro atoms. The van der Waals surface area contributed by atoms with E-state index in [2.05, 4.69) is 14.9 Å². The summed E-state index contributed by atoms with van der Waals surface area (Å²) in [4.78, 5) is 10.9. The molecule has 0 radical (unpaired) electrons. The molecule has 0 amide bonds. The predicted molar refractivity (Wildman–Crippen MR) is 73.0 cm³/mol. The van der Waals surface area contributed by atoms with E-state index in [9.17, 15) is 0 Å². The third-order valence-electron chi connectivity index (χ3n) is 3.98. The first-order chi connectivity index (χ1) is 9.22. The third kappa shape index (κ3) is 1.74. The number of hydrogen-bond donors (Lipinski definition) is 2. The lowest BCUT2D eigenvalue weighted by Gasteiger charge is -2.16. The summed E-state index contributed by atoms with van der Waals surface area (Å²) >= 11 is 0. The fourth-order valence-corrected chi connectivity index (χ4v) is 2.82. The van der Waals surface area contributed by atoms with Gasteiger partial charge < -0.3 is 20.8 Å². The van der Waals surface area contributed by atoms with Crippen LogP contribution in [0, 0.1) is 0 Å². The fourth-order valence-electron chi connectivity index (χ4n) is 2.82. The Kier molecular flexibility index (Phi) is 2.23. The number of aromatic nitrogens is 2. The molecule has 6 nitrogen and oxygen atoms in total. The van der Waals surface area contributed by atoms with Crippen LogP contribution in [0.2, 0.25) is 0 Å². The van der Waals surface area contributed by atoms with Crippen molar-refractivity contribution in [2.75, 3.05) is 23.7 Å². The number of hydrogen-bond acceptors (Lipinski definition) is 6. The normalized spacial score (nSPS) is 23.4.